The number of halogens is 6. The second-order valence-corrected chi connectivity index (χ2v) is 24.5. The van der Waals surface area contributed by atoms with Crippen LogP contribution in [0.25, 0.3) is 21.8 Å². The van der Waals surface area contributed by atoms with E-state index in [1.54, 1.807) is 31.9 Å². The van der Waals surface area contributed by atoms with Gasteiger partial charge in [-0.05, 0) is 48.2 Å². The second-order valence-electron chi connectivity index (χ2n) is 22.6. The van der Waals surface area contributed by atoms with Crippen LogP contribution in [0.2, 0.25) is 0 Å². The summed E-state index contributed by atoms with van der Waals surface area (Å²) in [5.74, 6) is -1.71. The van der Waals surface area contributed by atoms with E-state index in [4.69, 9.17) is 9.47 Å². The standard InChI is InChI=1S/C56H74F6N10O8S2/c1-11-13-15-38(45(73)47(75)67-49-63-23-24-81-49)65-51(77)80-44(54(6,7)8)30-72-28-41(70(10)32-72)34-19-22-37(56(60,61)62)36(25-34)42-26-64-50(82-42)68-48(76)46(74)39(16-14-12-2)66-52(78)79-43(53(3,4)5)29-71-27-40(69(9)31-71)33-17-20-35(21-18-33)55(57,58)59/h17-28,38-39,43-46,73-74H,11-16,29-32H2,1-10H3,(H,65,77)(H,66,78)(H,63,67,75)(H,64,68,76)/t38-,39-,43+,44+,45-,46+/m0/s1. The molecule has 4 amide bonds. The van der Waals surface area contributed by atoms with Crippen molar-refractivity contribution >= 4 is 68.3 Å². The number of aliphatic hydroxyl groups is 2. The smallest absolute Gasteiger partial charge is 0.417 e. The fourth-order valence-electron chi connectivity index (χ4n) is 9.08. The Hall–Kier alpha value is -6.64. The van der Waals surface area contributed by atoms with Crippen molar-refractivity contribution < 1.29 is 65.2 Å². The highest BCUT2D eigenvalue weighted by atomic mass is 32.1. The molecule has 0 spiro atoms. The second kappa shape index (κ2) is 27.2. The molecule has 26 heteroatoms. The van der Waals surface area contributed by atoms with Crippen molar-refractivity contribution in [3.05, 3.63) is 94.9 Å². The highest BCUT2D eigenvalue weighted by molar-refractivity contribution is 7.19. The molecule has 6 atom stereocenters. The number of carbonyl (C=O) groups is 4. The maximum absolute atomic E-state index is 14.7. The Kier molecular flexibility index (Phi) is 21.4. The molecule has 2 aliphatic heterocycles. The zero-order valence-corrected chi connectivity index (χ0v) is 49.2. The van der Waals surface area contributed by atoms with Crippen molar-refractivity contribution in [2.45, 2.75) is 143 Å². The van der Waals surface area contributed by atoms with Crippen molar-refractivity contribution in [1.82, 2.24) is 40.2 Å². The molecule has 0 fully saturated rings. The lowest BCUT2D eigenvalue weighted by Gasteiger charge is -2.34. The quantitative estimate of drug-likeness (QED) is 0.0382. The lowest BCUT2D eigenvalue weighted by Crippen LogP contribution is -2.51. The molecule has 6 rings (SSSR count). The molecule has 0 saturated heterocycles. The van der Waals surface area contributed by atoms with E-state index in [2.05, 4.69) is 31.2 Å². The molecule has 0 radical (unpaired) electrons. The van der Waals surface area contributed by atoms with Gasteiger partial charge in [-0.15, -0.1) is 11.3 Å². The van der Waals surface area contributed by atoms with E-state index in [1.165, 1.54) is 48.0 Å². The molecule has 18 nitrogen and oxygen atoms in total. The number of aromatic nitrogens is 2. The molecule has 0 aliphatic carbocycles. The summed E-state index contributed by atoms with van der Waals surface area (Å²) in [4.78, 5) is 69.4. The molecule has 4 heterocycles. The number of unbranched alkanes of at least 4 members (excludes halogenated alkanes) is 2. The third-order valence-electron chi connectivity index (χ3n) is 13.9. The van der Waals surface area contributed by atoms with E-state index < -0.39 is 94.8 Å². The normalized spacial score (nSPS) is 16.4. The summed E-state index contributed by atoms with van der Waals surface area (Å²) < 4.78 is 95.8. The first-order chi connectivity index (χ1) is 38.4. The Bertz CT molecular complexity index is 2870. The lowest BCUT2D eigenvalue weighted by molar-refractivity contribution is -0.138. The number of alkyl carbamates (subject to hydrolysis) is 2. The number of carbonyl (C=O) groups excluding carboxylic acids is 4. The Morgan fingerprint density at radius 3 is 1.59 bits per heavy atom. The van der Waals surface area contributed by atoms with Crippen LogP contribution in [-0.4, -0.2) is 141 Å². The maximum atomic E-state index is 14.7. The van der Waals surface area contributed by atoms with Crippen LogP contribution in [0.3, 0.4) is 0 Å². The number of amides is 4. The van der Waals surface area contributed by atoms with E-state index in [0.29, 0.717) is 53.6 Å². The minimum atomic E-state index is -4.80. The average Bonchev–Trinajstić information content (AvgIpc) is 4.23. The summed E-state index contributed by atoms with van der Waals surface area (Å²) >= 11 is 1.93. The van der Waals surface area contributed by atoms with Crippen LogP contribution in [0, 0.1) is 10.8 Å². The van der Waals surface area contributed by atoms with Gasteiger partial charge in [-0.25, -0.2) is 19.6 Å². The lowest BCUT2D eigenvalue weighted by atomic mass is 9.88. The molecular formula is C56H74F6N10O8S2. The van der Waals surface area contributed by atoms with Crippen LogP contribution < -0.4 is 21.3 Å². The minimum absolute atomic E-state index is 0.0512. The highest BCUT2D eigenvalue weighted by Gasteiger charge is 2.39. The molecular weight excluding hydrogens is 1120 g/mol. The van der Waals surface area contributed by atoms with Crippen molar-refractivity contribution in [2.75, 3.05) is 51.2 Å². The predicted molar refractivity (Wildman–Crippen MR) is 302 cm³/mol. The molecule has 4 aromatic rings. The van der Waals surface area contributed by atoms with Gasteiger partial charge in [-0.3, -0.25) is 20.2 Å². The average molecular weight is 1190 g/mol. The van der Waals surface area contributed by atoms with E-state index in [9.17, 15) is 55.7 Å². The number of hydrogen-bond donors (Lipinski definition) is 6. The van der Waals surface area contributed by atoms with Crippen LogP contribution in [-0.2, 0) is 31.4 Å². The Morgan fingerprint density at radius 1 is 0.671 bits per heavy atom. The van der Waals surface area contributed by atoms with Gasteiger partial charge in [-0.1, -0.05) is 111 Å². The molecule has 6 N–H and O–H groups in total. The van der Waals surface area contributed by atoms with Crippen LogP contribution in [0.4, 0.5) is 46.2 Å². The van der Waals surface area contributed by atoms with E-state index in [0.717, 1.165) is 36.0 Å². The number of nitrogens with one attached hydrogen (secondary N) is 4. The number of rotatable bonds is 23. The van der Waals surface area contributed by atoms with Crippen molar-refractivity contribution in [3.63, 3.8) is 0 Å². The third kappa shape index (κ3) is 17.5. The molecule has 0 bridgehead atoms. The summed E-state index contributed by atoms with van der Waals surface area (Å²) in [5, 5.41) is 34.6. The number of nitrogens with zero attached hydrogens (tertiary/aromatic N) is 6. The van der Waals surface area contributed by atoms with E-state index >= 15 is 0 Å². The molecule has 2 aliphatic rings. The number of benzene rings is 2. The summed E-state index contributed by atoms with van der Waals surface area (Å²) in [6, 6.07) is 6.36. The van der Waals surface area contributed by atoms with Crippen LogP contribution in [0.5, 0.6) is 0 Å². The van der Waals surface area contributed by atoms with E-state index in [-0.39, 0.29) is 48.2 Å². The molecule has 0 saturated carbocycles. The first-order valence-corrected chi connectivity index (χ1v) is 28.6. The van der Waals surface area contributed by atoms with E-state index in [1.807, 2.05) is 75.0 Å². The zero-order chi connectivity index (χ0) is 60.5. The summed E-state index contributed by atoms with van der Waals surface area (Å²) in [6.07, 6.45) is -6.88. The molecule has 82 heavy (non-hydrogen) atoms. The third-order valence-corrected chi connectivity index (χ3v) is 15.5. The minimum Gasteiger partial charge on any atom is -0.444 e. The molecule has 2 aromatic carbocycles. The first kappa shape index (κ1) is 64.5. The van der Waals surface area contributed by atoms with Gasteiger partial charge in [0.15, 0.2) is 22.5 Å². The van der Waals surface area contributed by atoms with Gasteiger partial charge in [0.1, 0.15) is 12.2 Å². The topological polar surface area (TPSA) is 214 Å². The SMILES string of the molecule is CCCC[C@H](NC(=O)O[C@H](CN1C=C(c2ccc(C(F)(F)F)c(-c3cnc(NC(=O)[C@H](O)[C@H](CCCC)NC(=O)O[C@H](CN4C=C(c5ccc(C(F)(F)F)cc5)N(C)C4)C(C)(C)C)s3)c2)N(C)C1)C(C)(C)C)[C@H](O)C(=O)Nc1nccs1. The molecule has 2 aromatic heterocycles. The molecule has 0 unspecified atom stereocenters. The van der Waals surface area contributed by atoms with Crippen LogP contribution in [0.1, 0.15) is 116 Å². The van der Waals surface area contributed by atoms with Gasteiger partial charge in [0.25, 0.3) is 11.8 Å². The van der Waals surface area contributed by atoms with Gasteiger partial charge in [-0.2, -0.15) is 26.3 Å². The number of ether oxygens (including phenoxy) is 2. The van der Waals surface area contributed by atoms with Gasteiger partial charge < -0.3 is 49.9 Å². The van der Waals surface area contributed by atoms with Crippen LogP contribution in [0.15, 0.2) is 72.6 Å². The Labute approximate surface area is 481 Å². The Morgan fingerprint density at radius 2 is 1.15 bits per heavy atom. The molecule has 450 valence electrons. The zero-order valence-electron chi connectivity index (χ0n) is 47.6. The number of alkyl halides is 6. The van der Waals surface area contributed by atoms with Crippen molar-refractivity contribution in [1.29, 1.82) is 0 Å². The number of aliphatic hydroxyl groups excluding tert-OH is 2. The number of thiazole rings is 2. The van der Waals surface area contributed by atoms with Crippen molar-refractivity contribution in [3.8, 4) is 10.4 Å². The van der Waals surface area contributed by atoms with Crippen LogP contribution >= 0.6 is 22.7 Å². The highest BCUT2D eigenvalue weighted by Crippen LogP contribution is 2.42. The van der Waals surface area contributed by atoms with Crippen molar-refractivity contribution in [2.24, 2.45) is 10.8 Å². The fourth-order valence-corrected chi connectivity index (χ4v) is 10.5. The fraction of sp³-hybridized carbons (Fsp3) is 0.536. The van der Waals surface area contributed by atoms with Gasteiger partial charge >= 0.3 is 24.5 Å². The Balaban J connectivity index is 1.12. The van der Waals surface area contributed by atoms with Gasteiger partial charge in [0.05, 0.1) is 65.9 Å². The monoisotopic (exact) mass is 1190 g/mol. The van der Waals surface area contributed by atoms with Gasteiger partial charge in [0.2, 0.25) is 0 Å². The largest absolute Gasteiger partial charge is 0.444 e. The number of anilines is 2. The maximum Gasteiger partial charge on any atom is 0.417 e. The first-order valence-electron chi connectivity index (χ1n) is 26.9. The summed E-state index contributed by atoms with van der Waals surface area (Å²) in [5.41, 5.74) is -1.03. The summed E-state index contributed by atoms with van der Waals surface area (Å²) in [6.45, 7) is 16.0. The number of hydrogen-bond acceptors (Lipinski definition) is 16. The van der Waals surface area contributed by atoms with Gasteiger partial charge in [0, 0.05) is 60.7 Å². The predicted octanol–water partition coefficient (Wildman–Crippen LogP) is 10.7. The summed E-state index contributed by atoms with van der Waals surface area (Å²) in [7, 11) is 3.54.